The van der Waals surface area contributed by atoms with Crippen LogP contribution in [-0.2, 0) is 20.8 Å². The normalized spacial score (nSPS) is 19.0. The van der Waals surface area contributed by atoms with Gasteiger partial charge in [-0.25, -0.2) is 9.59 Å². The molecule has 1 atom stereocenters. The van der Waals surface area contributed by atoms with Gasteiger partial charge in [-0.1, -0.05) is 30.3 Å². The molecule has 132 valence electrons. The van der Waals surface area contributed by atoms with Crippen molar-refractivity contribution < 1.29 is 19.1 Å². The van der Waals surface area contributed by atoms with Crippen molar-refractivity contribution in [2.75, 3.05) is 26.7 Å². The fourth-order valence-corrected chi connectivity index (χ4v) is 2.70. The van der Waals surface area contributed by atoms with E-state index >= 15 is 0 Å². The molecule has 1 aromatic carbocycles. The minimum atomic E-state index is -0.651. The fourth-order valence-electron chi connectivity index (χ4n) is 2.70. The molecule has 0 aliphatic carbocycles. The molecule has 1 fully saturated rings. The zero-order valence-electron chi connectivity index (χ0n) is 14.8. The molecule has 0 unspecified atom stereocenters. The van der Waals surface area contributed by atoms with Crippen molar-refractivity contribution in [3.63, 3.8) is 0 Å². The van der Waals surface area contributed by atoms with Crippen molar-refractivity contribution in [2.24, 2.45) is 0 Å². The highest BCUT2D eigenvalue weighted by Crippen LogP contribution is 2.18. The summed E-state index contributed by atoms with van der Waals surface area (Å²) < 4.78 is 10.3. The van der Waals surface area contributed by atoms with Gasteiger partial charge in [0.1, 0.15) is 11.6 Å². The Morgan fingerprint density at radius 1 is 1.17 bits per heavy atom. The van der Waals surface area contributed by atoms with Gasteiger partial charge in [0, 0.05) is 26.2 Å². The Balaban J connectivity index is 2.07. The molecule has 1 aromatic rings. The van der Waals surface area contributed by atoms with E-state index in [0.717, 1.165) is 6.54 Å². The second kappa shape index (κ2) is 7.66. The van der Waals surface area contributed by atoms with Crippen LogP contribution in [0.3, 0.4) is 0 Å². The number of piperazine rings is 1. The Morgan fingerprint density at radius 2 is 1.83 bits per heavy atom. The fraction of sp³-hybridized carbons (Fsp3) is 0.556. The Labute approximate surface area is 143 Å². The maximum Gasteiger partial charge on any atom is 0.411 e. The number of carbonyl (C=O) groups excluding carboxylic acids is 2. The van der Waals surface area contributed by atoms with Crippen LogP contribution in [0.15, 0.2) is 30.3 Å². The topological polar surface area (TPSA) is 59.1 Å². The van der Waals surface area contributed by atoms with Crippen molar-refractivity contribution in [1.29, 1.82) is 0 Å². The van der Waals surface area contributed by atoms with Crippen molar-refractivity contribution in [2.45, 2.75) is 39.0 Å². The monoisotopic (exact) mass is 334 g/mol. The van der Waals surface area contributed by atoms with Crippen molar-refractivity contribution >= 4 is 12.1 Å². The Kier molecular flexibility index (Phi) is 5.83. The average Bonchev–Trinajstić information content (AvgIpc) is 2.53. The van der Waals surface area contributed by atoms with E-state index in [1.165, 1.54) is 17.6 Å². The van der Waals surface area contributed by atoms with E-state index in [1.807, 2.05) is 51.1 Å². The minimum absolute atomic E-state index is 0.418. The third-order valence-corrected chi connectivity index (χ3v) is 3.81. The lowest BCUT2D eigenvalue weighted by molar-refractivity contribution is -0.149. The van der Waals surface area contributed by atoms with Crippen LogP contribution < -0.4 is 0 Å². The zero-order valence-corrected chi connectivity index (χ0v) is 14.8. The molecule has 6 nitrogen and oxygen atoms in total. The van der Waals surface area contributed by atoms with Crippen LogP contribution in [0.4, 0.5) is 4.79 Å². The molecular formula is C18H26N2O4. The van der Waals surface area contributed by atoms with E-state index in [-0.39, 0.29) is 0 Å². The smallest absolute Gasteiger partial charge is 0.411 e. The minimum Gasteiger partial charge on any atom is -0.467 e. The maximum absolute atomic E-state index is 12.4. The van der Waals surface area contributed by atoms with Crippen molar-refractivity contribution in [1.82, 2.24) is 9.80 Å². The average molecular weight is 334 g/mol. The number of hydrogen-bond donors (Lipinski definition) is 0. The number of benzene rings is 1. The predicted octanol–water partition coefficient (Wildman–Crippen LogP) is 2.28. The second-order valence-corrected chi connectivity index (χ2v) is 6.93. The summed E-state index contributed by atoms with van der Waals surface area (Å²) in [5, 5.41) is 0. The number of esters is 1. The summed E-state index contributed by atoms with van der Waals surface area (Å²) in [4.78, 5) is 28.2. The van der Waals surface area contributed by atoms with Crippen LogP contribution in [0.2, 0.25) is 0 Å². The maximum atomic E-state index is 12.4. The first kappa shape index (κ1) is 18.3. The van der Waals surface area contributed by atoms with E-state index in [4.69, 9.17) is 9.47 Å². The van der Waals surface area contributed by atoms with Crippen LogP contribution in [-0.4, -0.2) is 60.2 Å². The van der Waals surface area contributed by atoms with Gasteiger partial charge in [0.05, 0.1) is 7.11 Å². The van der Waals surface area contributed by atoms with E-state index in [9.17, 15) is 9.59 Å². The predicted molar refractivity (Wildman–Crippen MR) is 90.5 cm³/mol. The lowest BCUT2D eigenvalue weighted by atomic mass is 10.1. The number of ether oxygens (including phenoxy) is 2. The highest BCUT2D eigenvalue weighted by atomic mass is 16.6. The molecule has 6 heteroatoms. The number of hydrogen-bond acceptors (Lipinski definition) is 5. The van der Waals surface area contributed by atoms with Gasteiger partial charge in [0.15, 0.2) is 0 Å². The third-order valence-electron chi connectivity index (χ3n) is 3.81. The number of nitrogens with zero attached hydrogens (tertiary/aromatic N) is 2. The molecule has 2 rings (SSSR count). The first-order valence-corrected chi connectivity index (χ1v) is 8.14. The summed E-state index contributed by atoms with van der Waals surface area (Å²) in [7, 11) is 1.34. The summed E-state index contributed by atoms with van der Waals surface area (Å²) in [6, 6.07) is 9.40. The first-order valence-electron chi connectivity index (χ1n) is 8.14. The standard InChI is InChI=1S/C18H26N2O4/c1-18(2,3)24-17(22)20-11-10-19(13-15(20)16(21)23-4)12-14-8-6-5-7-9-14/h5-9,15H,10-13H2,1-4H3/t15-/m1/s1. The van der Waals surface area contributed by atoms with Crippen LogP contribution in [0.1, 0.15) is 26.3 Å². The summed E-state index contributed by atoms with van der Waals surface area (Å²) in [5.41, 5.74) is 0.575. The molecule has 1 heterocycles. The summed E-state index contributed by atoms with van der Waals surface area (Å²) in [5.74, 6) is -0.418. The second-order valence-electron chi connectivity index (χ2n) is 6.93. The van der Waals surface area contributed by atoms with Gasteiger partial charge in [-0.3, -0.25) is 9.80 Å². The molecule has 1 saturated heterocycles. The third kappa shape index (κ3) is 4.96. The molecule has 0 saturated carbocycles. The van der Waals surface area contributed by atoms with Crippen LogP contribution in [0.25, 0.3) is 0 Å². The van der Waals surface area contributed by atoms with Crippen LogP contribution in [0.5, 0.6) is 0 Å². The van der Waals surface area contributed by atoms with Gasteiger partial charge in [0.2, 0.25) is 0 Å². The first-order chi connectivity index (χ1) is 11.3. The van der Waals surface area contributed by atoms with E-state index in [2.05, 4.69) is 4.90 Å². The molecule has 0 radical (unpaired) electrons. The summed E-state index contributed by atoms with van der Waals surface area (Å²) >= 11 is 0. The molecule has 0 N–H and O–H groups in total. The lowest BCUT2D eigenvalue weighted by Gasteiger charge is -2.40. The van der Waals surface area contributed by atoms with Crippen LogP contribution >= 0.6 is 0 Å². The zero-order chi connectivity index (χ0) is 17.7. The van der Waals surface area contributed by atoms with Crippen molar-refractivity contribution in [3.8, 4) is 0 Å². The molecule has 1 amide bonds. The van der Waals surface area contributed by atoms with Crippen molar-refractivity contribution in [3.05, 3.63) is 35.9 Å². The summed E-state index contributed by atoms with van der Waals surface area (Å²) in [6.45, 7) is 7.71. The molecule has 0 aromatic heterocycles. The highest BCUT2D eigenvalue weighted by molar-refractivity contribution is 5.82. The SMILES string of the molecule is COC(=O)[C@H]1CN(Cc2ccccc2)CCN1C(=O)OC(C)(C)C. The molecule has 0 spiro atoms. The summed E-state index contributed by atoms with van der Waals surface area (Å²) in [6.07, 6.45) is -0.475. The number of rotatable bonds is 3. The van der Waals surface area contributed by atoms with E-state index < -0.39 is 23.7 Å². The van der Waals surface area contributed by atoms with Gasteiger partial charge in [-0.15, -0.1) is 0 Å². The van der Waals surface area contributed by atoms with E-state index in [1.54, 1.807) is 0 Å². The van der Waals surface area contributed by atoms with Gasteiger partial charge in [-0.2, -0.15) is 0 Å². The molecule has 1 aliphatic heterocycles. The number of amides is 1. The van der Waals surface area contributed by atoms with Gasteiger partial charge in [-0.05, 0) is 26.3 Å². The Bertz CT molecular complexity index is 568. The van der Waals surface area contributed by atoms with E-state index in [0.29, 0.717) is 19.6 Å². The van der Waals surface area contributed by atoms with Gasteiger partial charge >= 0.3 is 12.1 Å². The highest BCUT2D eigenvalue weighted by Gasteiger charge is 2.38. The lowest BCUT2D eigenvalue weighted by Crippen LogP contribution is -2.59. The van der Waals surface area contributed by atoms with Crippen LogP contribution in [0, 0.1) is 0 Å². The molecular weight excluding hydrogens is 308 g/mol. The number of carbonyl (C=O) groups is 2. The quantitative estimate of drug-likeness (QED) is 0.794. The van der Waals surface area contributed by atoms with Gasteiger partial charge in [0.25, 0.3) is 0 Å². The largest absolute Gasteiger partial charge is 0.467 e. The Hall–Kier alpha value is -2.08. The molecule has 1 aliphatic rings. The number of methoxy groups -OCH3 is 1. The molecule has 0 bridgehead atoms. The van der Waals surface area contributed by atoms with Gasteiger partial charge < -0.3 is 9.47 Å². The molecule has 24 heavy (non-hydrogen) atoms. The Morgan fingerprint density at radius 3 is 2.42 bits per heavy atom.